The number of rotatable bonds is 9. The average molecular weight is 484 g/mol. The van der Waals surface area contributed by atoms with Crippen molar-refractivity contribution in [3.05, 3.63) is 77.9 Å². The number of benzene rings is 3. The lowest BCUT2D eigenvalue weighted by Gasteiger charge is -2.33. The van der Waals surface area contributed by atoms with E-state index in [1.807, 2.05) is 73.7 Å². The van der Waals surface area contributed by atoms with Crippen molar-refractivity contribution < 1.29 is 14.4 Å². The maximum atomic E-state index is 13.8. The first-order chi connectivity index (χ1) is 17.6. The summed E-state index contributed by atoms with van der Waals surface area (Å²) in [5.41, 5.74) is 2.49. The van der Waals surface area contributed by atoms with Crippen molar-refractivity contribution in [2.45, 2.75) is 57.5 Å². The number of anilines is 1. The molecule has 1 atom stereocenters. The average Bonchev–Trinajstić information content (AvgIpc) is 3.50. The molecule has 3 amide bonds. The highest BCUT2D eigenvalue weighted by Gasteiger charge is 2.35. The van der Waals surface area contributed by atoms with Crippen LogP contribution in [0.3, 0.4) is 0 Å². The summed E-state index contributed by atoms with van der Waals surface area (Å²) in [4.78, 5) is 43.7. The van der Waals surface area contributed by atoms with Gasteiger partial charge in [0, 0.05) is 23.5 Å². The molecule has 6 heteroatoms. The molecule has 186 valence electrons. The summed E-state index contributed by atoms with van der Waals surface area (Å²) in [6.07, 6.45) is 5.39. The fraction of sp³-hybridized carbons (Fsp3) is 0.367. The molecule has 0 radical (unpaired) electrons. The monoisotopic (exact) mass is 483 g/mol. The molecular weight excluding hydrogens is 450 g/mol. The molecule has 2 aliphatic rings. The van der Waals surface area contributed by atoms with Gasteiger partial charge in [-0.3, -0.25) is 19.3 Å². The first kappa shape index (κ1) is 24.0. The van der Waals surface area contributed by atoms with Crippen LogP contribution in [0.5, 0.6) is 0 Å². The summed E-state index contributed by atoms with van der Waals surface area (Å²) < 4.78 is 0. The molecule has 0 saturated heterocycles. The molecule has 1 aliphatic heterocycles. The number of hydrogen-bond donors (Lipinski definition) is 1. The Kier molecular flexibility index (Phi) is 7.03. The lowest BCUT2D eigenvalue weighted by Crippen LogP contribution is -2.54. The Morgan fingerprint density at radius 2 is 1.72 bits per heavy atom. The molecule has 1 saturated carbocycles. The van der Waals surface area contributed by atoms with Crippen LogP contribution in [0.4, 0.5) is 5.69 Å². The van der Waals surface area contributed by atoms with E-state index in [0.29, 0.717) is 24.9 Å². The first-order valence-electron chi connectivity index (χ1n) is 13.0. The Labute approximate surface area is 212 Å². The minimum Gasteiger partial charge on any atom is -0.352 e. The lowest BCUT2D eigenvalue weighted by molar-refractivity contribution is -0.139. The lowest BCUT2D eigenvalue weighted by atomic mass is 10.1. The fourth-order valence-electron chi connectivity index (χ4n) is 5.63. The van der Waals surface area contributed by atoms with E-state index >= 15 is 0 Å². The molecule has 1 fully saturated rings. The van der Waals surface area contributed by atoms with Gasteiger partial charge in [-0.05, 0) is 48.8 Å². The zero-order chi connectivity index (χ0) is 25.1. The van der Waals surface area contributed by atoms with Gasteiger partial charge in [-0.1, -0.05) is 74.4 Å². The van der Waals surface area contributed by atoms with Crippen LogP contribution in [-0.4, -0.2) is 47.8 Å². The molecular formula is C30H33N3O3. The van der Waals surface area contributed by atoms with Crippen molar-refractivity contribution in [3.8, 4) is 0 Å². The topological polar surface area (TPSA) is 69.7 Å². The van der Waals surface area contributed by atoms with E-state index in [-0.39, 0.29) is 30.3 Å². The van der Waals surface area contributed by atoms with Gasteiger partial charge < -0.3 is 10.2 Å². The van der Waals surface area contributed by atoms with Crippen molar-refractivity contribution in [1.82, 2.24) is 10.2 Å². The van der Waals surface area contributed by atoms with Gasteiger partial charge in [0.05, 0.1) is 5.69 Å². The van der Waals surface area contributed by atoms with Crippen LogP contribution in [0.15, 0.2) is 66.7 Å². The first-order valence-corrected chi connectivity index (χ1v) is 13.0. The van der Waals surface area contributed by atoms with Gasteiger partial charge in [-0.15, -0.1) is 0 Å². The molecule has 1 unspecified atom stereocenters. The molecule has 1 N–H and O–H groups in total. The summed E-state index contributed by atoms with van der Waals surface area (Å²) in [6.45, 7) is 2.27. The van der Waals surface area contributed by atoms with Crippen LogP contribution in [0.1, 0.15) is 54.9 Å². The third kappa shape index (κ3) is 4.72. The van der Waals surface area contributed by atoms with Crippen LogP contribution < -0.4 is 10.2 Å². The zero-order valence-electron chi connectivity index (χ0n) is 20.8. The van der Waals surface area contributed by atoms with E-state index in [9.17, 15) is 14.4 Å². The fourth-order valence-corrected chi connectivity index (χ4v) is 5.63. The summed E-state index contributed by atoms with van der Waals surface area (Å²) >= 11 is 0. The number of carbonyl (C=O) groups excluding carboxylic acids is 3. The van der Waals surface area contributed by atoms with Gasteiger partial charge in [0.25, 0.3) is 5.91 Å². The van der Waals surface area contributed by atoms with E-state index in [1.165, 1.54) is 0 Å². The molecule has 36 heavy (non-hydrogen) atoms. The van der Waals surface area contributed by atoms with E-state index in [4.69, 9.17) is 0 Å². The SMILES string of the molecule is CCC(C(=O)NC1CCCC1)N(CCc1ccccc1)C(=O)CN1C(=O)c2cccc3cccc1c23. The Morgan fingerprint density at radius 3 is 2.44 bits per heavy atom. The predicted molar refractivity (Wildman–Crippen MR) is 142 cm³/mol. The third-order valence-electron chi connectivity index (χ3n) is 7.51. The van der Waals surface area contributed by atoms with Crippen molar-refractivity contribution in [2.24, 2.45) is 0 Å². The molecule has 1 aliphatic carbocycles. The maximum Gasteiger partial charge on any atom is 0.259 e. The molecule has 6 nitrogen and oxygen atoms in total. The Balaban J connectivity index is 1.39. The highest BCUT2D eigenvalue weighted by atomic mass is 16.2. The number of nitrogens with zero attached hydrogens (tertiary/aromatic N) is 2. The third-order valence-corrected chi connectivity index (χ3v) is 7.51. The van der Waals surface area contributed by atoms with E-state index in [2.05, 4.69) is 5.32 Å². The van der Waals surface area contributed by atoms with E-state index < -0.39 is 6.04 Å². The van der Waals surface area contributed by atoms with Gasteiger partial charge in [-0.2, -0.15) is 0 Å². The van der Waals surface area contributed by atoms with E-state index in [1.54, 1.807) is 9.80 Å². The minimum absolute atomic E-state index is 0.0887. The smallest absolute Gasteiger partial charge is 0.259 e. The van der Waals surface area contributed by atoms with Crippen LogP contribution in [0.25, 0.3) is 10.8 Å². The minimum atomic E-state index is -0.572. The summed E-state index contributed by atoms with van der Waals surface area (Å²) in [5, 5.41) is 5.05. The second kappa shape index (κ2) is 10.5. The Morgan fingerprint density at radius 1 is 1.00 bits per heavy atom. The molecule has 0 spiro atoms. The second-order valence-electron chi connectivity index (χ2n) is 9.81. The molecule has 0 aromatic heterocycles. The highest BCUT2D eigenvalue weighted by molar-refractivity contribution is 6.26. The molecule has 3 aromatic rings. The molecule has 1 heterocycles. The molecule has 3 aromatic carbocycles. The van der Waals surface area contributed by atoms with Crippen LogP contribution in [-0.2, 0) is 16.0 Å². The summed E-state index contributed by atoms with van der Waals surface area (Å²) in [6, 6.07) is 21.0. The van der Waals surface area contributed by atoms with Crippen LogP contribution in [0.2, 0.25) is 0 Å². The largest absolute Gasteiger partial charge is 0.352 e. The van der Waals surface area contributed by atoms with Crippen LogP contribution >= 0.6 is 0 Å². The Hall–Kier alpha value is -3.67. The normalized spacial score (nSPS) is 15.9. The second-order valence-corrected chi connectivity index (χ2v) is 9.81. The van der Waals surface area contributed by atoms with Gasteiger partial charge in [0.2, 0.25) is 11.8 Å². The zero-order valence-corrected chi connectivity index (χ0v) is 20.8. The summed E-state index contributed by atoms with van der Waals surface area (Å²) in [5.74, 6) is -0.469. The van der Waals surface area contributed by atoms with Gasteiger partial charge >= 0.3 is 0 Å². The quantitative estimate of drug-likeness (QED) is 0.479. The van der Waals surface area contributed by atoms with Crippen molar-refractivity contribution in [1.29, 1.82) is 0 Å². The van der Waals surface area contributed by atoms with Gasteiger partial charge in [-0.25, -0.2) is 0 Å². The van der Waals surface area contributed by atoms with E-state index in [0.717, 1.165) is 47.7 Å². The van der Waals surface area contributed by atoms with Crippen molar-refractivity contribution in [2.75, 3.05) is 18.0 Å². The number of nitrogens with one attached hydrogen (secondary N) is 1. The van der Waals surface area contributed by atoms with Crippen molar-refractivity contribution >= 4 is 34.2 Å². The van der Waals surface area contributed by atoms with Gasteiger partial charge in [0.15, 0.2) is 0 Å². The number of hydrogen-bond acceptors (Lipinski definition) is 3. The Bertz CT molecular complexity index is 1260. The summed E-state index contributed by atoms with van der Waals surface area (Å²) in [7, 11) is 0. The number of carbonyl (C=O) groups is 3. The maximum absolute atomic E-state index is 13.8. The number of amides is 3. The highest BCUT2D eigenvalue weighted by Crippen LogP contribution is 2.37. The molecule has 5 rings (SSSR count). The van der Waals surface area contributed by atoms with Gasteiger partial charge in [0.1, 0.15) is 12.6 Å². The molecule has 0 bridgehead atoms. The van der Waals surface area contributed by atoms with Crippen molar-refractivity contribution in [3.63, 3.8) is 0 Å². The predicted octanol–water partition coefficient (Wildman–Crippen LogP) is 4.71. The van der Waals surface area contributed by atoms with Crippen LogP contribution in [0, 0.1) is 0 Å². The standard InChI is InChI=1S/C30H33N3O3/c1-2-25(29(35)31-23-14-6-7-15-23)32(19-18-21-10-4-3-5-11-21)27(34)20-33-26-17-9-13-22-12-8-16-24(28(22)26)30(33)36/h3-5,8-13,16-17,23,25H,2,6-7,14-15,18-20H2,1H3,(H,31,35).